The molecule has 1 aliphatic heterocycles. The van der Waals surface area contributed by atoms with Crippen molar-refractivity contribution in [1.82, 2.24) is 0 Å². The van der Waals surface area contributed by atoms with Gasteiger partial charge in [0.05, 0.1) is 24.2 Å². The van der Waals surface area contributed by atoms with Crippen LogP contribution in [0.1, 0.15) is 278 Å². The summed E-state index contributed by atoms with van der Waals surface area (Å²) in [5.41, 5.74) is 9.67. The second-order valence-corrected chi connectivity index (χ2v) is 26.6. The average Bonchev–Trinajstić information content (AvgIpc) is 3.45. The van der Waals surface area contributed by atoms with Crippen molar-refractivity contribution in [3.63, 3.8) is 0 Å². The lowest BCUT2D eigenvalue weighted by molar-refractivity contribution is 0.373. The fourth-order valence-corrected chi connectivity index (χ4v) is 12.5. The van der Waals surface area contributed by atoms with Gasteiger partial charge in [0.1, 0.15) is 23.0 Å². The second kappa shape index (κ2) is 26.4. The fraction of sp³-hybridized carbons (Fsp3) is 0.600. The summed E-state index contributed by atoms with van der Waals surface area (Å²) in [5, 5.41) is 49.8. The Kier molecular flexibility index (Phi) is 20.4. The molecule has 8 bridgehead atoms. The van der Waals surface area contributed by atoms with Gasteiger partial charge in [0, 0.05) is 60.0 Å². The highest BCUT2D eigenvalue weighted by Crippen LogP contribution is 2.43. The number of unbranched alkanes of at least 4 members (excludes halogenated alkanes) is 4. The summed E-state index contributed by atoms with van der Waals surface area (Å²) in [5.74, 6) is 0.747. The van der Waals surface area contributed by atoms with Crippen molar-refractivity contribution in [2.24, 2.45) is 20.0 Å². The molecule has 4 atom stereocenters. The van der Waals surface area contributed by atoms with Crippen molar-refractivity contribution in [1.29, 1.82) is 0 Å². The van der Waals surface area contributed by atoms with Crippen LogP contribution in [0.4, 0.5) is 0 Å². The zero-order chi connectivity index (χ0) is 56.4. The highest BCUT2D eigenvalue weighted by Gasteiger charge is 2.32. The van der Waals surface area contributed by atoms with E-state index < -0.39 is 0 Å². The molecule has 2 aliphatic carbocycles. The standard InChI is InChI=1S/C70H100N4O4/c1-13-17-29-69(11,30-18-14-2)57-37-49-33-47-35-55(67(5,6)7)39-51(63(47)75)43-72-60-26-22-24-28-62(60)74-46-54-42-58(70(12,31-19-15-3)32-20-16-4)38-50(66(54)78)34-48-36-56(68(8,9)10)40-52(64(48)76)44-71-59-25-21-23-27-61(59)73-45-53(41-57)65(49)77/h35-46,59-62,75-78H,13-34H2,1-12H3. The average molecular weight is 1060 g/mol. The molecular weight excluding hydrogens is 961 g/mol. The van der Waals surface area contributed by atoms with Gasteiger partial charge >= 0.3 is 0 Å². The van der Waals surface area contributed by atoms with Crippen molar-refractivity contribution < 1.29 is 20.4 Å². The van der Waals surface area contributed by atoms with Crippen LogP contribution in [0, 0.1) is 0 Å². The molecule has 424 valence electrons. The van der Waals surface area contributed by atoms with E-state index in [4.69, 9.17) is 20.0 Å². The summed E-state index contributed by atoms with van der Waals surface area (Å²) in [7, 11) is 0. The summed E-state index contributed by atoms with van der Waals surface area (Å²) in [6, 6.07) is 16.7. The maximum atomic E-state index is 12.5. The first-order valence-electron chi connectivity index (χ1n) is 30.7. The SMILES string of the molecule is CCCCC(C)(CCCC)c1cc2c(O)c(c1)Cc1cc(C(C)(C)C)cc(c1O)C=NC1CCCCC1N=Cc1cc(C(C)(CCCC)CCCC)cc(c1O)Cc1cc(C(C)(C)C)cc(c1O)C=NC1CCCCC1N=C2. The molecule has 4 aromatic carbocycles. The van der Waals surface area contributed by atoms with E-state index >= 15 is 0 Å². The highest BCUT2D eigenvalue weighted by molar-refractivity contribution is 5.88. The Bertz CT molecular complexity index is 2580. The molecule has 0 amide bonds. The Labute approximate surface area is 471 Å². The maximum absolute atomic E-state index is 12.5. The van der Waals surface area contributed by atoms with Gasteiger partial charge in [-0.3, -0.25) is 20.0 Å². The number of fused-ring (bicyclic) bond motifs is 10. The Hall–Kier alpha value is -5.24. The van der Waals surface area contributed by atoms with Crippen molar-refractivity contribution in [3.8, 4) is 23.0 Å². The zero-order valence-electron chi connectivity index (χ0n) is 50.4. The van der Waals surface area contributed by atoms with E-state index in [0.717, 1.165) is 162 Å². The minimum atomic E-state index is -0.225. The van der Waals surface area contributed by atoms with E-state index in [1.54, 1.807) is 0 Å². The molecule has 2 saturated carbocycles. The molecule has 8 heteroatoms. The van der Waals surface area contributed by atoms with E-state index in [-0.39, 0.29) is 68.8 Å². The van der Waals surface area contributed by atoms with E-state index in [9.17, 15) is 20.4 Å². The van der Waals surface area contributed by atoms with Crippen LogP contribution in [0.15, 0.2) is 68.5 Å². The molecule has 0 spiro atoms. The number of benzene rings is 4. The molecule has 0 radical (unpaired) electrons. The summed E-state index contributed by atoms with van der Waals surface area (Å²) < 4.78 is 0. The van der Waals surface area contributed by atoms with Gasteiger partial charge in [-0.2, -0.15) is 0 Å². The van der Waals surface area contributed by atoms with Crippen LogP contribution in [-0.2, 0) is 34.5 Å². The van der Waals surface area contributed by atoms with Gasteiger partial charge in [0.15, 0.2) is 0 Å². The van der Waals surface area contributed by atoms with Gasteiger partial charge < -0.3 is 20.4 Å². The van der Waals surface area contributed by atoms with Crippen LogP contribution in [0.5, 0.6) is 23.0 Å². The van der Waals surface area contributed by atoms with Gasteiger partial charge in [-0.15, -0.1) is 0 Å². The predicted octanol–water partition coefficient (Wildman–Crippen LogP) is 17.6. The quantitative estimate of drug-likeness (QED) is 0.100. The van der Waals surface area contributed by atoms with E-state index in [1.165, 1.54) is 11.1 Å². The smallest absolute Gasteiger partial charge is 0.127 e. The number of hydrogen-bond acceptors (Lipinski definition) is 8. The molecular formula is C70H100N4O4. The first-order valence-corrected chi connectivity index (χ1v) is 30.7. The van der Waals surface area contributed by atoms with Gasteiger partial charge in [-0.05, 0) is 142 Å². The number of phenolic OH excluding ortho intramolecular Hbond substituents is 4. The highest BCUT2D eigenvalue weighted by atomic mass is 16.3. The third kappa shape index (κ3) is 14.8. The first-order chi connectivity index (χ1) is 37.1. The lowest BCUT2D eigenvalue weighted by Gasteiger charge is -2.32. The zero-order valence-corrected chi connectivity index (χ0v) is 50.4. The van der Waals surface area contributed by atoms with Crippen molar-refractivity contribution in [3.05, 3.63) is 115 Å². The first kappa shape index (κ1) is 60.4. The topological polar surface area (TPSA) is 130 Å². The number of rotatable bonds is 14. The molecule has 8 nitrogen and oxygen atoms in total. The molecule has 4 N–H and O–H groups in total. The van der Waals surface area contributed by atoms with Crippen molar-refractivity contribution in [2.75, 3.05) is 0 Å². The normalized spacial score (nSPS) is 19.6. The van der Waals surface area contributed by atoms with Gasteiger partial charge in [0.25, 0.3) is 0 Å². The lowest BCUT2D eigenvalue weighted by atomic mass is 9.73. The van der Waals surface area contributed by atoms with E-state index in [0.29, 0.717) is 35.1 Å². The summed E-state index contributed by atoms with van der Waals surface area (Å²) in [4.78, 5) is 21.3. The molecule has 3 aliphatic rings. The number of aliphatic imine (C=N–C) groups is 4. The molecule has 1 heterocycles. The maximum Gasteiger partial charge on any atom is 0.127 e. The van der Waals surface area contributed by atoms with Crippen LogP contribution in [0.25, 0.3) is 0 Å². The minimum absolute atomic E-state index is 0.114. The molecule has 4 aromatic rings. The van der Waals surface area contributed by atoms with Crippen molar-refractivity contribution in [2.45, 2.75) is 270 Å². The Balaban J connectivity index is 1.46. The minimum Gasteiger partial charge on any atom is -0.507 e. The molecule has 0 saturated heterocycles. The third-order valence-corrected chi connectivity index (χ3v) is 18.1. The summed E-state index contributed by atoms with van der Waals surface area (Å²) in [6.07, 6.45) is 28.8. The Morgan fingerprint density at radius 1 is 0.359 bits per heavy atom. The third-order valence-electron chi connectivity index (χ3n) is 18.1. The largest absolute Gasteiger partial charge is 0.507 e. The van der Waals surface area contributed by atoms with Gasteiger partial charge in [-0.1, -0.05) is 184 Å². The fourth-order valence-electron chi connectivity index (χ4n) is 12.5. The number of nitrogens with zero attached hydrogens (tertiary/aromatic N) is 4. The van der Waals surface area contributed by atoms with Gasteiger partial charge in [0.2, 0.25) is 0 Å². The Morgan fingerprint density at radius 3 is 0.821 bits per heavy atom. The number of phenols is 4. The van der Waals surface area contributed by atoms with Crippen LogP contribution in [0.2, 0.25) is 0 Å². The molecule has 4 unspecified atom stereocenters. The molecule has 78 heavy (non-hydrogen) atoms. The van der Waals surface area contributed by atoms with Crippen LogP contribution < -0.4 is 0 Å². The second-order valence-electron chi connectivity index (χ2n) is 26.6. The summed E-state index contributed by atoms with van der Waals surface area (Å²) in [6.45, 7) is 27.0. The van der Waals surface area contributed by atoms with E-state index in [2.05, 4.69) is 132 Å². The van der Waals surface area contributed by atoms with Crippen LogP contribution in [-0.4, -0.2) is 69.5 Å². The monoisotopic (exact) mass is 1060 g/mol. The molecule has 7 rings (SSSR count). The molecule has 0 aromatic heterocycles. The Morgan fingerprint density at radius 2 is 0.590 bits per heavy atom. The van der Waals surface area contributed by atoms with Crippen LogP contribution >= 0.6 is 0 Å². The number of hydrogen-bond donors (Lipinski definition) is 4. The van der Waals surface area contributed by atoms with Gasteiger partial charge in [-0.25, -0.2) is 0 Å². The number of aromatic hydroxyl groups is 4. The van der Waals surface area contributed by atoms with Crippen LogP contribution in [0.3, 0.4) is 0 Å². The predicted molar refractivity (Wildman–Crippen MR) is 331 cm³/mol. The lowest BCUT2D eigenvalue weighted by Crippen LogP contribution is -2.27. The molecule has 2 fully saturated rings. The van der Waals surface area contributed by atoms with E-state index in [1.807, 2.05) is 24.9 Å². The van der Waals surface area contributed by atoms with Crippen molar-refractivity contribution >= 4 is 24.9 Å². The summed E-state index contributed by atoms with van der Waals surface area (Å²) >= 11 is 0.